The zero-order valence-corrected chi connectivity index (χ0v) is 17.8. The summed E-state index contributed by atoms with van der Waals surface area (Å²) in [5, 5.41) is 3.36. The maximum atomic E-state index is 13.0. The third kappa shape index (κ3) is 6.03. The van der Waals surface area contributed by atoms with Crippen LogP contribution in [0.15, 0.2) is 12.1 Å². The van der Waals surface area contributed by atoms with Crippen molar-refractivity contribution < 1.29 is 19.1 Å². The van der Waals surface area contributed by atoms with Gasteiger partial charge in [-0.05, 0) is 38.3 Å². The number of hydrogen-bond acceptors (Lipinski definition) is 4. The highest BCUT2D eigenvalue weighted by atomic mass is 35.5. The van der Waals surface area contributed by atoms with Crippen LogP contribution in [-0.4, -0.2) is 49.1 Å². The van der Waals surface area contributed by atoms with Crippen LogP contribution in [0.2, 0.25) is 5.02 Å². The number of unbranched alkanes of at least 4 members (excludes halogenated alkanes) is 1. The number of piperidine rings is 1. The summed E-state index contributed by atoms with van der Waals surface area (Å²) < 4.78 is 11.5. The Bertz CT molecular complexity index is 681. The molecule has 0 saturated carbocycles. The summed E-state index contributed by atoms with van der Waals surface area (Å²) >= 11 is 6.42. The van der Waals surface area contributed by atoms with Gasteiger partial charge in [0.2, 0.25) is 5.91 Å². The van der Waals surface area contributed by atoms with Crippen molar-refractivity contribution in [3.63, 3.8) is 0 Å². The standard InChI is InChI=1S/C21H31ClN2O4/c1-4-7-11-28-20-17(22)12-15(13-18(20)27-6-3)21(26)24-10-8-9-16(14-24)23-19(25)5-2/h12-13,16H,4-11,14H2,1-3H3,(H,23,25). The molecular formula is C21H31ClN2O4. The molecule has 1 aromatic rings. The van der Waals surface area contributed by atoms with Gasteiger partial charge in [0.25, 0.3) is 5.91 Å². The van der Waals surface area contributed by atoms with Crippen LogP contribution in [0.25, 0.3) is 0 Å². The van der Waals surface area contributed by atoms with E-state index in [1.54, 1.807) is 17.0 Å². The Morgan fingerprint density at radius 2 is 2.04 bits per heavy atom. The molecule has 1 unspecified atom stereocenters. The molecule has 1 N–H and O–H groups in total. The summed E-state index contributed by atoms with van der Waals surface area (Å²) in [6.07, 6.45) is 4.11. The van der Waals surface area contributed by atoms with Crippen LogP contribution in [0.5, 0.6) is 11.5 Å². The molecule has 0 aliphatic carbocycles. The number of ether oxygens (including phenoxy) is 2. The molecule has 1 heterocycles. The lowest BCUT2D eigenvalue weighted by molar-refractivity contribution is -0.121. The molecular weight excluding hydrogens is 380 g/mol. The van der Waals surface area contributed by atoms with E-state index in [2.05, 4.69) is 12.2 Å². The smallest absolute Gasteiger partial charge is 0.254 e. The minimum atomic E-state index is -0.113. The number of amides is 2. The molecule has 1 saturated heterocycles. The Hall–Kier alpha value is -1.95. The SMILES string of the molecule is CCCCOc1c(Cl)cc(C(=O)N2CCCC(NC(=O)CC)C2)cc1OCC. The number of hydrogen-bond donors (Lipinski definition) is 1. The predicted octanol–water partition coefficient (Wildman–Crippen LogP) is 4.05. The number of nitrogens with one attached hydrogen (secondary N) is 1. The maximum Gasteiger partial charge on any atom is 0.254 e. The summed E-state index contributed by atoms with van der Waals surface area (Å²) in [5.41, 5.74) is 0.471. The maximum absolute atomic E-state index is 13.0. The molecule has 0 spiro atoms. The molecule has 7 heteroatoms. The van der Waals surface area contributed by atoms with Gasteiger partial charge in [0, 0.05) is 31.1 Å². The monoisotopic (exact) mass is 410 g/mol. The van der Waals surface area contributed by atoms with Gasteiger partial charge in [0.1, 0.15) is 0 Å². The van der Waals surface area contributed by atoms with E-state index in [1.165, 1.54) is 0 Å². The molecule has 1 atom stereocenters. The summed E-state index contributed by atoms with van der Waals surface area (Å²) in [6, 6.07) is 3.33. The van der Waals surface area contributed by atoms with Gasteiger partial charge in [-0.25, -0.2) is 0 Å². The Balaban J connectivity index is 2.16. The Labute approximate surface area is 172 Å². The molecule has 0 bridgehead atoms. The predicted molar refractivity (Wildman–Crippen MR) is 110 cm³/mol. The van der Waals surface area contributed by atoms with Gasteiger partial charge in [0.05, 0.1) is 18.2 Å². The summed E-state index contributed by atoms with van der Waals surface area (Å²) in [4.78, 5) is 26.5. The Kier molecular flexibility index (Phi) is 8.90. The van der Waals surface area contributed by atoms with Crippen molar-refractivity contribution in [2.75, 3.05) is 26.3 Å². The topological polar surface area (TPSA) is 67.9 Å². The van der Waals surface area contributed by atoms with E-state index in [-0.39, 0.29) is 17.9 Å². The van der Waals surface area contributed by atoms with Crippen LogP contribution in [0.3, 0.4) is 0 Å². The fraction of sp³-hybridized carbons (Fsp3) is 0.619. The average Bonchev–Trinajstić information content (AvgIpc) is 2.69. The molecule has 0 radical (unpaired) electrons. The highest BCUT2D eigenvalue weighted by Crippen LogP contribution is 2.37. The quantitative estimate of drug-likeness (QED) is 0.623. The van der Waals surface area contributed by atoms with E-state index in [0.29, 0.717) is 54.8 Å². The van der Waals surface area contributed by atoms with Gasteiger partial charge in [-0.3, -0.25) is 9.59 Å². The van der Waals surface area contributed by atoms with Crippen LogP contribution < -0.4 is 14.8 Å². The Morgan fingerprint density at radius 3 is 2.71 bits per heavy atom. The molecule has 0 aromatic heterocycles. The second-order valence-corrected chi connectivity index (χ2v) is 7.34. The van der Waals surface area contributed by atoms with Crippen molar-refractivity contribution in [3.8, 4) is 11.5 Å². The fourth-order valence-corrected chi connectivity index (χ4v) is 3.47. The first kappa shape index (κ1) is 22.3. The van der Waals surface area contributed by atoms with Gasteiger partial charge in [0.15, 0.2) is 11.5 Å². The molecule has 6 nitrogen and oxygen atoms in total. The number of carbonyl (C=O) groups is 2. The van der Waals surface area contributed by atoms with Crippen molar-refractivity contribution in [1.29, 1.82) is 0 Å². The normalized spacial score (nSPS) is 16.6. The number of likely N-dealkylation sites (tertiary alicyclic amines) is 1. The summed E-state index contributed by atoms with van der Waals surface area (Å²) in [7, 11) is 0. The third-order valence-electron chi connectivity index (χ3n) is 4.70. The van der Waals surface area contributed by atoms with E-state index < -0.39 is 0 Å². The molecule has 156 valence electrons. The van der Waals surface area contributed by atoms with Crippen LogP contribution in [-0.2, 0) is 4.79 Å². The second kappa shape index (κ2) is 11.1. The van der Waals surface area contributed by atoms with Gasteiger partial charge < -0.3 is 19.7 Å². The minimum absolute atomic E-state index is 0.00885. The van der Waals surface area contributed by atoms with Crippen molar-refractivity contribution in [2.24, 2.45) is 0 Å². The number of nitrogens with zero attached hydrogens (tertiary/aromatic N) is 1. The zero-order valence-electron chi connectivity index (χ0n) is 17.1. The number of benzene rings is 1. The van der Waals surface area contributed by atoms with E-state index in [0.717, 1.165) is 25.7 Å². The van der Waals surface area contributed by atoms with E-state index in [1.807, 2.05) is 13.8 Å². The largest absolute Gasteiger partial charge is 0.490 e. The van der Waals surface area contributed by atoms with Crippen molar-refractivity contribution in [1.82, 2.24) is 10.2 Å². The summed E-state index contributed by atoms with van der Waals surface area (Å²) in [5.74, 6) is 0.871. The molecule has 1 fully saturated rings. The molecule has 28 heavy (non-hydrogen) atoms. The minimum Gasteiger partial charge on any atom is -0.490 e. The van der Waals surface area contributed by atoms with Crippen molar-refractivity contribution >= 4 is 23.4 Å². The highest BCUT2D eigenvalue weighted by molar-refractivity contribution is 6.32. The lowest BCUT2D eigenvalue weighted by Gasteiger charge is -2.33. The molecule has 1 aromatic carbocycles. The van der Waals surface area contributed by atoms with Crippen molar-refractivity contribution in [2.45, 2.75) is 58.9 Å². The van der Waals surface area contributed by atoms with Crippen LogP contribution in [0.1, 0.15) is 63.2 Å². The number of carbonyl (C=O) groups excluding carboxylic acids is 2. The molecule has 2 amide bonds. The van der Waals surface area contributed by atoms with Crippen molar-refractivity contribution in [3.05, 3.63) is 22.7 Å². The van der Waals surface area contributed by atoms with Gasteiger partial charge in [-0.1, -0.05) is 31.9 Å². The molecule has 1 aliphatic heterocycles. The zero-order chi connectivity index (χ0) is 20.5. The van der Waals surface area contributed by atoms with Crippen LogP contribution >= 0.6 is 11.6 Å². The second-order valence-electron chi connectivity index (χ2n) is 6.93. The van der Waals surface area contributed by atoms with Gasteiger partial charge in [-0.15, -0.1) is 0 Å². The lowest BCUT2D eigenvalue weighted by atomic mass is 10.0. The lowest BCUT2D eigenvalue weighted by Crippen LogP contribution is -2.49. The van der Waals surface area contributed by atoms with E-state index in [4.69, 9.17) is 21.1 Å². The van der Waals surface area contributed by atoms with Gasteiger partial charge in [-0.2, -0.15) is 0 Å². The first-order valence-electron chi connectivity index (χ1n) is 10.2. The summed E-state index contributed by atoms with van der Waals surface area (Å²) in [6.45, 7) is 7.95. The first-order valence-corrected chi connectivity index (χ1v) is 10.6. The van der Waals surface area contributed by atoms with E-state index in [9.17, 15) is 9.59 Å². The van der Waals surface area contributed by atoms with Crippen LogP contribution in [0.4, 0.5) is 0 Å². The fourth-order valence-electron chi connectivity index (χ4n) is 3.20. The molecule has 2 rings (SSSR count). The van der Waals surface area contributed by atoms with E-state index >= 15 is 0 Å². The third-order valence-corrected chi connectivity index (χ3v) is 4.98. The average molecular weight is 411 g/mol. The van der Waals surface area contributed by atoms with Gasteiger partial charge >= 0.3 is 0 Å². The number of rotatable bonds is 9. The highest BCUT2D eigenvalue weighted by Gasteiger charge is 2.26. The molecule has 1 aliphatic rings. The Morgan fingerprint density at radius 1 is 1.25 bits per heavy atom. The number of halogens is 1. The first-order chi connectivity index (χ1) is 13.5. The van der Waals surface area contributed by atoms with Crippen LogP contribution in [0, 0.1) is 0 Å².